The molecule has 0 bridgehead atoms. The minimum atomic E-state index is 0.544. The molecule has 0 aliphatic carbocycles. The monoisotopic (exact) mass is 256 g/mol. The summed E-state index contributed by atoms with van der Waals surface area (Å²) in [4.78, 5) is 0. The minimum absolute atomic E-state index is 0.544. The van der Waals surface area contributed by atoms with Crippen LogP contribution in [-0.4, -0.2) is 16.3 Å². The topological polar surface area (TPSA) is 53.6 Å². The molecular weight excluding hydrogens is 248 g/mol. The first kappa shape index (κ1) is 10.9. The van der Waals surface area contributed by atoms with E-state index in [4.69, 9.17) is 16.9 Å². The first-order valence-corrected chi connectivity index (χ1v) is 5.86. The summed E-state index contributed by atoms with van der Waals surface area (Å²) in [6.45, 7) is 0.669. The SMILES string of the molecule is N#Cc1cnn2c1NCC=C2c1cccc(Cl)c1. The second-order valence-electron chi connectivity index (χ2n) is 3.91. The van der Waals surface area contributed by atoms with Crippen LogP contribution in [-0.2, 0) is 0 Å². The molecule has 0 fully saturated rings. The van der Waals surface area contributed by atoms with Gasteiger partial charge in [0.1, 0.15) is 17.5 Å². The molecule has 3 rings (SSSR count). The normalized spacial score (nSPS) is 13.2. The standard InChI is InChI=1S/C13H9ClN4/c14-11-3-1-2-9(6-11)12-4-5-16-13-10(7-15)8-17-18(12)13/h1-4,6,8,16H,5H2. The average Bonchev–Trinajstić information content (AvgIpc) is 2.81. The van der Waals surface area contributed by atoms with Crippen LogP contribution in [0.25, 0.3) is 5.70 Å². The van der Waals surface area contributed by atoms with E-state index in [0.717, 1.165) is 17.1 Å². The quantitative estimate of drug-likeness (QED) is 0.854. The number of nitriles is 1. The number of hydrogen-bond donors (Lipinski definition) is 1. The zero-order chi connectivity index (χ0) is 12.5. The molecule has 0 atom stereocenters. The molecule has 1 aromatic heterocycles. The van der Waals surface area contributed by atoms with Gasteiger partial charge in [0.25, 0.3) is 0 Å². The zero-order valence-corrected chi connectivity index (χ0v) is 10.1. The molecule has 0 radical (unpaired) electrons. The second kappa shape index (κ2) is 4.21. The predicted molar refractivity (Wildman–Crippen MR) is 70.3 cm³/mol. The van der Waals surface area contributed by atoms with Gasteiger partial charge in [-0.2, -0.15) is 10.4 Å². The third kappa shape index (κ3) is 1.66. The summed E-state index contributed by atoms with van der Waals surface area (Å²) in [5.41, 5.74) is 2.47. The number of halogens is 1. The van der Waals surface area contributed by atoms with Gasteiger partial charge in [-0.05, 0) is 18.2 Å². The smallest absolute Gasteiger partial charge is 0.148 e. The lowest BCUT2D eigenvalue weighted by molar-refractivity contribution is 0.886. The van der Waals surface area contributed by atoms with Crippen molar-refractivity contribution in [2.45, 2.75) is 0 Å². The van der Waals surface area contributed by atoms with Gasteiger partial charge in [-0.25, -0.2) is 4.68 Å². The van der Waals surface area contributed by atoms with Crippen LogP contribution in [0.4, 0.5) is 5.82 Å². The van der Waals surface area contributed by atoms with Crippen LogP contribution in [0.3, 0.4) is 0 Å². The molecule has 1 N–H and O–H groups in total. The molecular formula is C13H9ClN4. The van der Waals surface area contributed by atoms with Gasteiger partial charge < -0.3 is 5.32 Å². The van der Waals surface area contributed by atoms with Crippen molar-refractivity contribution < 1.29 is 0 Å². The van der Waals surface area contributed by atoms with Crippen molar-refractivity contribution in [3.8, 4) is 6.07 Å². The van der Waals surface area contributed by atoms with Crippen LogP contribution in [0.15, 0.2) is 36.5 Å². The Morgan fingerprint density at radius 3 is 3.11 bits per heavy atom. The van der Waals surface area contributed by atoms with E-state index in [2.05, 4.69) is 16.5 Å². The molecule has 1 aliphatic rings. The highest BCUT2D eigenvalue weighted by atomic mass is 35.5. The number of hydrogen-bond acceptors (Lipinski definition) is 3. The van der Waals surface area contributed by atoms with E-state index in [1.807, 2.05) is 30.3 Å². The Morgan fingerprint density at radius 2 is 2.33 bits per heavy atom. The largest absolute Gasteiger partial charge is 0.365 e. The van der Waals surface area contributed by atoms with Crippen molar-refractivity contribution in [1.82, 2.24) is 9.78 Å². The van der Waals surface area contributed by atoms with E-state index >= 15 is 0 Å². The molecule has 0 unspecified atom stereocenters. The van der Waals surface area contributed by atoms with Crippen LogP contribution >= 0.6 is 11.6 Å². The molecule has 18 heavy (non-hydrogen) atoms. The average molecular weight is 257 g/mol. The first-order chi connectivity index (χ1) is 8.79. The molecule has 2 aromatic rings. The molecule has 0 saturated carbocycles. The number of fused-ring (bicyclic) bond motifs is 1. The summed E-state index contributed by atoms with van der Waals surface area (Å²) < 4.78 is 1.73. The maximum absolute atomic E-state index is 9.00. The van der Waals surface area contributed by atoms with Crippen molar-refractivity contribution in [2.24, 2.45) is 0 Å². The van der Waals surface area contributed by atoms with Crippen LogP contribution < -0.4 is 5.32 Å². The molecule has 2 heterocycles. The third-order valence-corrected chi connectivity index (χ3v) is 3.04. The van der Waals surface area contributed by atoms with Gasteiger partial charge in [0.05, 0.1) is 11.9 Å². The maximum atomic E-state index is 9.00. The van der Waals surface area contributed by atoms with E-state index in [1.54, 1.807) is 10.9 Å². The molecule has 88 valence electrons. The van der Waals surface area contributed by atoms with Crippen LogP contribution in [0, 0.1) is 11.3 Å². The van der Waals surface area contributed by atoms with Crippen molar-refractivity contribution >= 4 is 23.1 Å². The van der Waals surface area contributed by atoms with Crippen molar-refractivity contribution in [1.29, 1.82) is 5.26 Å². The number of nitrogens with zero attached hydrogens (tertiary/aromatic N) is 3. The molecule has 0 amide bonds. The highest BCUT2D eigenvalue weighted by molar-refractivity contribution is 6.30. The molecule has 5 heteroatoms. The predicted octanol–water partition coefficient (Wildman–Crippen LogP) is 2.72. The highest BCUT2D eigenvalue weighted by Gasteiger charge is 2.18. The summed E-state index contributed by atoms with van der Waals surface area (Å²) in [5, 5.41) is 17.1. The third-order valence-electron chi connectivity index (χ3n) is 2.80. The van der Waals surface area contributed by atoms with Crippen LogP contribution in [0.1, 0.15) is 11.1 Å². The Bertz CT molecular complexity index is 679. The maximum Gasteiger partial charge on any atom is 0.148 e. The van der Waals surface area contributed by atoms with Gasteiger partial charge in [0, 0.05) is 17.1 Å². The van der Waals surface area contributed by atoms with Gasteiger partial charge in [0.15, 0.2) is 0 Å². The van der Waals surface area contributed by atoms with E-state index in [9.17, 15) is 0 Å². The van der Waals surface area contributed by atoms with Crippen LogP contribution in [0.2, 0.25) is 5.02 Å². The van der Waals surface area contributed by atoms with Crippen molar-refractivity contribution in [3.05, 3.63) is 52.7 Å². The number of anilines is 1. The van der Waals surface area contributed by atoms with E-state index in [0.29, 0.717) is 17.1 Å². The summed E-state index contributed by atoms with van der Waals surface area (Å²) >= 11 is 6.00. The molecule has 1 aliphatic heterocycles. The minimum Gasteiger partial charge on any atom is -0.365 e. The van der Waals surface area contributed by atoms with Gasteiger partial charge in [-0.15, -0.1) is 0 Å². The summed E-state index contributed by atoms with van der Waals surface area (Å²) in [5.74, 6) is 0.731. The fourth-order valence-corrected chi connectivity index (χ4v) is 2.19. The summed E-state index contributed by atoms with van der Waals surface area (Å²) in [6.07, 6.45) is 3.58. The lowest BCUT2D eigenvalue weighted by Crippen LogP contribution is -2.15. The van der Waals surface area contributed by atoms with Gasteiger partial charge in [-0.1, -0.05) is 23.7 Å². The Hall–Kier alpha value is -2.25. The van der Waals surface area contributed by atoms with E-state index in [1.165, 1.54) is 0 Å². The number of nitrogens with one attached hydrogen (secondary N) is 1. The number of benzene rings is 1. The molecule has 0 saturated heterocycles. The molecule has 0 spiro atoms. The van der Waals surface area contributed by atoms with Gasteiger partial charge in [-0.3, -0.25) is 0 Å². The fraction of sp³-hybridized carbons (Fsp3) is 0.0769. The molecule has 4 nitrogen and oxygen atoms in total. The lowest BCUT2D eigenvalue weighted by atomic mass is 10.1. The van der Waals surface area contributed by atoms with Crippen molar-refractivity contribution in [2.75, 3.05) is 11.9 Å². The summed E-state index contributed by atoms with van der Waals surface area (Å²) in [6, 6.07) is 9.71. The Balaban J connectivity index is 2.13. The fourth-order valence-electron chi connectivity index (χ4n) is 2.00. The highest BCUT2D eigenvalue weighted by Crippen LogP contribution is 2.27. The Morgan fingerprint density at radius 1 is 1.44 bits per heavy atom. The zero-order valence-electron chi connectivity index (χ0n) is 9.39. The van der Waals surface area contributed by atoms with E-state index in [-0.39, 0.29) is 0 Å². The van der Waals surface area contributed by atoms with Crippen LogP contribution in [0.5, 0.6) is 0 Å². The molecule has 1 aromatic carbocycles. The Kier molecular flexibility index (Phi) is 2.54. The Labute approximate surface area is 109 Å². The first-order valence-electron chi connectivity index (χ1n) is 5.48. The van der Waals surface area contributed by atoms with Gasteiger partial charge >= 0.3 is 0 Å². The number of rotatable bonds is 1. The number of aromatic nitrogens is 2. The second-order valence-corrected chi connectivity index (χ2v) is 4.35. The van der Waals surface area contributed by atoms with Gasteiger partial charge in [0.2, 0.25) is 0 Å². The lowest BCUT2D eigenvalue weighted by Gasteiger charge is -2.18. The van der Waals surface area contributed by atoms with Crippen molar-refractivity contribution in [3.63, 3.8) is 0 Å². The summed E-state index contributed by atoms with van der Waals surface area (Å²) in [7, 11) is 0. The van der Waals surface area contributed by atoms with E-state index < -0.39 is 0 Å².